The standard InChI is InChI=1S/C21H24N2O3S/c1-26-18-11-17-12-23(20(24)10-16-7-8-27-14-16)19(21(25)22(17)13-18)9-15-5-3-2-4-6-15/h2-8,14,17-19H,9-13H2,1H3/t17-,18-,19-/m0/s1. The van der Waals surface area contributed by atoms with E-state index in [1.807, 2.05) is 57.0 Å². The van der Waals surface area contributed by atoms with Crippen molar-refractivity contribution in [1.82, 2.24) is 9.80 Å². The van der Waals surface area contributed by atoms with E-state index in [4.69, 9.17) is 4.74 Å². The van der Waals surface area contributed by atoms with Gasteiger partial charge in [0, 0.05) is 26.6 Å². The Morgan fingerprint density at radius 1 is 1.19 bits per heavy atom. The van der Waals surface area contributed by atoms with Gasteiger partial charge in [-0.05, 0) is 34.4 Å². The summed E-state index contributed by atoms with van der Waals surface area (Å²) in [5.41, 5.74) is 2.09. The summed E-state index contributed by atoms with van der Waals surface area (Å²) < 4.78 is 5.49. The fourth-order valence-corrected chi connectivity index (χ4v) is 4.81. The Kier molecular flexibility index (Phi) is 5.27. The zero-order valence-electron chi connectivity index (χ0n) is 15.4. The molecule has 1 aromatic heterocycles. The third-order valence-electron chi connectivity index (χ3n) is 5.59. The first-order chi connectivity index (χ1) is 13.2. The molecular formula is C21H24N2O3S. The molecule has 0 radical (unpaired) electrons. The second kappa shape index (κ2) is 7.82. The molecule has 2 fully saturated rings. The fraction of sp³-hybridized carbons (Fsp3) is 0.429. The van der Waals surface area contributed by atoms with Crippen molar-refractivity contribution in [3.63, 3.8) is 0 Å². The number of thiophene rings is 1. The minimum atomic E-state index is -0.439. The summed E-state index contributed by atoms with van der Waals surface area (Å²) in [5.74, 6) is 0.0801. The van der Waals surface area contributed by atoms with Crippen LogP contribution in [0, 0.1) is 0 Å². The third kappa shape index (κ3) is 3.77. The van der Waals surface area contributed by atoms with E-state index in [-0.39, 0.29) is 24.0 Å². The van der Waals surface area contributed by atoms with Gasteiger partial charge in [0.1, 0.15) is 6.04 Å². The van der Waals surface area contributed by atoms with E-state index in [0.717, 1.165) is 17.5 Å². The van der Waals surface area contributed by atoms with E-state index in [9.17, 15) is 9.59 Å². The van der Waals surface area contributed by atoms with E-state index in [1.165, 1.54) is 0 Å². The first-order valence-corrected chi connectivity index (χ1v) is 10.3. The van der Waals surface area contributed by atoms with Gasteiger partial charge >= 0.3 is 0 Å². The molecule has 0 unspecified atom stereocenters. The molecular weight excluding hydrogens is 360 g/mol. The Morgan fingerprint density at radius 2 is 2.00 bits per heavy atom. The van der Waals surface area contributed by atoms with Gasteiger partial charge < -0.3 is 14.5 Å². The summed E-state index contributed by atoms with van der Waals surface area (Å²) in [6.45, 7) is 1.21. The minimum absolute atomic E-state index is 0.0307. The smallest absolute Gasteiger partial charge is 0.246 e. The maximum atomic E-state index is 13.3. The second-order valence-corrected chi connectivity index (χ2v) is 8.08. The average Bonchev–Trinajstić information content (AvgIpc) is 3.34. The van der Waals surface area contributed by atoms with Gasteiger partial charge in [-0.2, -0.15) is 11.3 Å². The predicted molar refractivity (Wildman–Crippen MR) is 105 cm³/mol. The van der Waals surface area contributed by atoms with Crippen LogP contribution in [0.15, 0.2) is 47.2 Å². The predicted octanol–water partition coefficient (Wildman–Crippen LogP) is 2.36. The lowest BCUT2D eigenvalue weighted by molar-refractivity contribution is -0.153. The Bertz CT molecular complexity index is 793. The molecule has 2 amide bonds. The third-order valence-corrected chi connectivity index (χ3v) is 6.32. The van der Waals surface area contributed by atoms with Crippen molar-refractivity contribution in [2.75, 3.05) is 20.2 Å². The number of hydrogen-bond donors (Lipinski definition) is 0. The summed E-state index contributed by atoms with van der Waals surface area (Å²) in [6.07, 6.45) is 1.75. The van der Waals surface area contributed by atoms with E-state index in [2.05, 4.69) is 0 Å². The number of carbonyl (C=O) groups is 2. The molecule has 1 aromatic carbocycles. The van der Waals surface area contributed by atoms with Crippen LogP contribution in [-0.2, 0) is 27.2 Å². The van der Waals surface area contributed by atoms with Crippen molar-refractivity contribution in [2.45, 2.75) is 37.5 Å². The van der Waals surface area contributed by atoms with Crippen LogP contribution in [0.5, 0.6) is 0 Å². The molecule has 2 saturated heterocycles. The van der Waals surface area contributed by atoms with Crippen molar-refractivity contribution >= 4 is 23.2 Å². The topological polar surface area (TPSA) is 49.9 Å². The first-order valence-electron chi connectivity index (χ1n) is 9.33. The highest BCUT2D eigenvalue weighted by atomic mass is 32.1. The van der Waals surface area contributed by atoms with Crippen LogP contribution < -0.4 is 0 Å². The molecule has 27 heavy (non-hydrogen) atoms. The Hall–Kier alpha value is -2.18. The van der Waals surface area contributed by atoms with E-state index >= 15 is 0 Å². The van der Waals surface area contributed by atoms with Gasteiger partial charge in [0.15, 0.2) is 0 Å². The second-order valence-electron chi connectivity index (χ2n) is 7.30. The number of carbonyl (C=O) groups excluding carboxylic acids is 2. The SMILES string of the molecule is CO[C@H]1C[C@H]2CN(C(=O)Cc3ccsc3)[C@@H](Cc3ccccc3)C(=O)N2C1. The summed E-state index contributed by atoms with van der Waals surface area (Å²) in [4.78, 5) is 30.1. The molecule has 0 saturated carbocycles. The monoisotopic (exact) mass is 384 g/mol. The number of benzene rings is 1. The minimum Gasteiger partial charge on any atom is -0.380 e. The van der Waals surface area contributed by atoms with Crippen LogP contribution in [0.4, 0.5) is 0 Å². The average molecular weight is 385 g/mol. The lowest BCUT2D eigenvalue weighted by atomic mass is 9.98. The van der Waals surface area contributed by atoms with Gasteiger partial charge in [-0.25, -0.2) is 0 Å². The zero-order valence-corrected chi connectivity index (χ0v) is 16.2. The molecule has 5 nitrogen and oxygen atoms in total. The van der Waals surface area contributed by atoms with Crippen LogP contribution in [0.2, 0.25) is 0 Å². The van der Waals surface area contributed by atoms with Crippen molar-refractivity contribution in [2.24, 2.45) is 0 Å². The molecule has 4 rings (SSSR count). The van der Waals surface area contributed by atoms with Gasteiger partial charge in [-0.3, -0.25) is 9.59 Å². The number of rotatable bonds is 5. The number of piperazine rings is 1. The molecule has 2 aliphatic rings. The molecule has 0 N–H and O–H groups in total. The molecule has 2 aromatic rings. The number of hydrogen-bond acceptors (Lipinski definition) is 4. The summed E-state index contributed by atoms with van der Waals surface area (Å²) in [5, 5.41) is 3.98. The Labute approximate surface area is 163 Å². The summed E-state index contributed by atoms with van der Waals surface area (Å²) in [7, 11) is 1.69. The summed E-state index contributed by atoms with van der Waals surface area (Å²) >= 11 is 1.59. The van der Waals surface area contributed by atoms with E-state index < -0.39 is 6.04 Å². The number of fused-ring (bicyclic) bond motifs is 1. The molecule has 142 valence electrons. The van der Waals surface area contributed by atoms with E-state index in [0.29, 0.717) is 25.9 Å². The van der Waals surface area contributed by atoms with Gasteiger partial charge in [0.05, 0.1) is 18.6 Å². The van der Waals surface area contributed by atoms with Crippen LogP contribution in [0.25, 0.3) is 0 Å². The lowest BCUT2D eigenvalue weighted by Crippen LogP contribution is -2.62. The fourth-order valence-electron chi connectivity index (χ4n) is 4.15. The highest BCUT2D eigenvalue weighted by Gasteiger charge is 2.46. The normalized spacial score (nSPS) is 24.9. The van der Waals surface area contributed by atoms with Crippen LogP contribution >= 0.6 is 11.3 Å². The Morgan fingerprint density at radius 3 is 2.70 bits per heavy atom. The molecule has 0 bridgehead atoms. The highest BCUT2D eigenvalue weighted by Crippen LogP contribution is 2.29. The van der Waals surface area contributed by atoms with Crippen molar-refractivity contribution in [3.8, 4) is 0 Å². The number of nitrogens with zero attached hydrogens (tertiary/aromatic N) is 2. The van der Waals surface area contributed by atoms with Crippen LogP contribution in [-0.4, -0.2) is 60.0 Å². The van der Waals surface area contributed by atoms with Gasteiger partial charge in [-0.15, -0.1) is 0 Å². The molecule has 3 heterocycles. The van der Waals surface area contributed by atoms with Crippen LogP contribution in [0.3, 0.4) is 0 Å². The van der Waals surface area contributed by atoms with Gasteiger partial charge in [-0.1, -0.05) is 30.3 Å². The number of amides is 2. The van der Waals surface area contributed by atoms with Gasteiger partial charge in [0.2, 0.25) is 11.8 Å². The number of methoxy groups -OCH3 is 1. The quantitative estimate of drug-likeness (QED) is 0.795. The van der Waals surface area contributed by atoms with Crippen LogP contribution in [0.1, 0.15) is 17.5 Å². The lowest BCUT2D eigenvalue weighted by Gasteiger charge is -2.43. The Balaban J connectivity index is 1.58. The largest absolute Gasteiger partial charge is 0.380 e. The zero-order chi connectivity index (χ0) is 18.8. The number of ether oxygens (including phenoxy) is 1. The molecule has 0 spiro atoms. The van der Waals surface area contributed by atoms with E-state index in [1.54, 1.807) is 18.4 Å². The summed E-state index contributed by atoms with van der Waals surface area (Å²) in [6, 6.07) is 11.5. The first kappa shape index (κ1) is 18.2. The molecule has 2 aliphatic heterocycles. The molecule has 6 heteroatoms. The van der Waals surface area contributed by atoms with Crippen molar-refractivity contribution in [1.29, 1.82) is 0 Å². The maximum absolute atomic E-state index is 13.3. The highest BCUT2D eigenvalue weighted by molar-refractivity contribution is 7.08. The molecule has 3 atom stereocenters. The van der Waals surface area contributed by atoms with Crippen molar-refractivity contribution < 1.29 is 14.3 Å². The molecule has 0 aliphatic carbocycles. The van der Waals surface area contributed by atoms with Crippen molar-refractivity contribution in [3.05, 3.63) is 58.3 Å². The maximum Gasteiger partial charge on any atom is 0.246 e. The van der Waals surface area contributed by atoms with Gasteiger partial charge in [0.25, 0.3) is 0 Å².